The van der Waals surface area contributed by atoms with Gasteiger partial charge in [0.1, 0.15) is 0 Å². The molecule has 2 aromatic carbocycles. The van der Waals surface area contributed by atoms with E-state index >= 15 is 0 Å². The van der Waals surface area contributed by atoms with E-state index in [2.05, 4.69) is 10.6 Å². The van der Waals surface area contributed by atoms with Gasteiger partial charge in [0.2, 0.25) is 15.9 Å². The van der Waals surface area contributed by atoms with Crippen LogP contribution in [0.25, 0.3) is 0 Å². The van der Waals surface area contributed by atoms with Crippen molar-refractivity contribution in [3.05, 3.63) is 48.5 Å². The van der Waals surface area contributed by atoms with Crippen molar-refractivity contribution in [3.63, 3.8) is 0 Å². The quantitative estimate of drug-likeness (QED) is 0.650. The minimum atomic E-state index is -3.52. The molecule has 10 heteroatoms. The van der Waals surface area contributed by atoms with Crippen LogP contribution in [0.1, 0.15) is 25.7 Å². The van der Waals surface area contributed by atoms with Crippen LogP contribution >= 0.6 is 0 Å². The van der Waals surface area contributed by atoms with Crippen LogP contribution < -0.4 is 10.6 Å². The number of hydrogen-bond acceptors (Lipinski definition) is 6. The standard InChI is InChI=1S/C21H27N3O5S2/c1-30(26,27)20-9-5-4-8-19(20)23-21(25)16-22-17-10-12-18(13-11-17)31(28,29)24-14-6-2-3-7-15-24/h4-5,8-13,22H,2-3,6-7,14-16H2,1H3,(H,23,25). The zero-order chi connectivity index (χ0) is 22.5. The molecule has 0 unspecified atom stereocenters. The van der Waals surface area contributed by atoms with Crippen molar-refractivity contribution < 1.29 is 21.6 Å². The highest BCUT2D eigenvalue weighted by molar-refractivity contribution is 7.91. The van der Waals surface area contributed by atoms with E-state index in [4.69, 9.17) is 0 Å². The van der Waals surface area contributed by atoms with Crippen LogP contribution in [0.2, 0.25) is 0 Å². The highest BCUT2D eigenvalue weighted by Gasteiger charge is 2.25. The average molecular weight is 466 g/mol. The van der Waals surface area contributed by atoms with E-state index in [0.717, 1.165) is 31.9 Å². The van der Waals surface area contributed by atoms with Gasteiger partial charge in [0.15, 0.2) is 9.84 Å². The van der Waals surface area contributed by atoms with Crippen LogP contribution in [0, 0.1) is 0 Å². The van der Waals surface area contributed by atoms with Crippen LogP contribution in [0.4, 0.5) is 11.4 Å². The number of carbonyl (C=O) groups excluding carboxylic acids is 1. The van der Waals surface area contributed by atoms with Crippen molar-refractivity contribution in [1.29, 1.82) is 0 Å². The second-order valence-electron chi connectivity index (χ2n) is 7.51. The molecule has 1 amide bonds. The number of sulfonamides is 1. The van der Waals surface area contributed by atoms with E-state index in [-0.39, 0.29) is 22.0 Å². The summed E-state index contributed by atoms with van der Waals surface area (Å²) < 4.78 is 50.9. The van der Waals surface area contributed by atoms with Crippen LogP contribution in [0.3, 0.4) is 0 Å². The number of para-hydroxylation sites is 1. The maximum Gasteiger partial charge on any atom is 0.243 e. The third kappa shape index (κ3) is 6.05. The number of amides is 1. The molecule has 2 aromatic rings. The molecule has 168 valence electrons. The van der Waals surface area contributed by atoms with Crippen LogP contribution in [-0.2, 0) is 24.7 Å². The second-order valence-corrected chi connectivity index (χ2v) is 11.4. The maximum atomic E-state index is 12.8. The Labute approximate surface area is 183 Å². The molecule has 1 saturated heterocycles. The fourth-order valence-corrected chi connectivity index (χ4v) is 5.81. The van der Waals surface area contributed by atoms with Gasteiger partial charge in [-0.1, -0.05) is 25.0 Å². The lowest BCUT2D eigenvalue weighted by Gasteiger charge is -2.20. The van der Waals surface area contributed by atoms with Crippen molar-refractivity contribution in [2.75, 3.05) is 36.5 Å². The summed E-state index contributed by atoms with van der Waals surface area (Å²) in [5.41, 5.74) is 0.803. The SMILES string of the molecule is CS(=O)(=O)c1ccccc1NC(=O)CNc1ccc(S(=O)(=O)N2CCCCCC2)cc1. The zero-order valence-corrected chi connectivity index (χ0v) is 19.0. The Kier molecular flexibility index (Phi) is 7.34. The van der Waals surface area contributed by atoms with Gasteiger partial charge in [-0.2, -0.15) is 4.31 Å². The van der Waals surface area contributed by atoms with Crippen LogP contribution in [0.5, 0.6) is 0 Å². The molecule has 1 aliphatic rings. The predicted molar refractivity (Wildman–Crippen MR) is 120 cm³/mol. The van der Waals surface area contributed by atoms with Gasteiger partial charge in [-0.15, -0.1) is 0 Å². The molecule has 8 nitrogen and oxygen atoms in total. The molecular formula is C21H27N3O5S2. The molecule has 0 spiro atoms. The van der Waals surface area contributed by atoms with E-state index in [1.807, 2.05) is 0 Å². The first-order chi connectivity index (χ1) is 14.7. The van der Waals surface area contributed by atoms with Crippen LogP contribution in [0.15, 0.2) is 58.3 Å². The molecule has 0 saturated carbocycles. The number of benzene rings is 2. The Morgan fingerprint density at radius 2 is 1.52 bits per heavy atom. The maximum absolute atomic E-state index is 12.8. The van der Waals surface area contributed by atoms with Crippen molar-refractivity contribution in [1.82, 2.24) is 4.31 Å². The van der Waals surface area contributed by atoms with E-state index < -0.39 is 25.8 Å². The first-order valence-electron chi connectivity index (χ1n) is 10.1. The van der Waals surface area contributed by atoms with E-state index in [0.29, 0.717) is 18.8 Å². The number of anilines is 2. The fraction of sp³-hybridized carbons (Fsp3) is 0.381. The third-order valence-electron chi connectivity index (χ3n) is 5.07. The summed E-state index contributed by atoms with van der Waals surface area (Å²) >= 11 is 0. The largest absolute Gasteiger partial charge is 0.376 e. The van der Waals surface area contributed by atoms with Crippen LogP contribution in [-0.4, -0.2) is 52.9 Å². The van der Waals surface area contributed by atoms with Gasteiger partial charge in [-0.05, 0) is 49.2 Å². The number of nitrogens with zero attached hydrogens (tertiary/aromatic N) is 1. The number of nitrogens with one attached hydrogen (secondary N) is 2. The zero-order valence-electron chi connectivity index (χ0n) is 17.4. The van der Waals surface area contributed by atoms with Gasteiger partial charge in [0.25, 0.3) is 0 Å². The lowest BCUT2D eigenvalue weighted by molar-refractivity contribution is -0.114. The molecule has 31 heavy (non-hydrogen) atoms. The molecule has 0 atom stereocenters. The first kappa shape index (κ1) is 23.2. The number of rotatable bonds is 7. The topological polar surface area (TPSA) is 113 Å². The normalized spacial score (nSPS) is 15.8. The van der Waals surface area contributed by atoms with E-state index in [1.54, 1.807) is 24.3 Å². The summed E-state index contributed by atoms with van der Waals surface area (Å²) in [5, 5.41) is 5.51. The molecule has 1 fully saturated rings. The first-order valence-corrected chi connectivity index (χ1v) is 13.4. The summed E-state index contributed by atoms with van der Waals surface area (Å²) in [6, 6.07) is 12.5. The summed E-state index contributed by atoms with van der Waals surface area (Å²) in [6.45, 7) is 0.977. The molecule has 1 heterocycles. The van der Waals surface area contributed by atoms with Crippen molar-refractivity contribution in [2.45, 2.75) is 35.5 Å². The van der Waals surface area contributed by atoms with E-state index in [1.165, 1.54) is 28.6 Å². The van der Waals surface area contributed by atoms with Gasteiger partial charge >= 0.3 is 0 Å². The average Bonchev–Trinajstić information content (AvgIpc) is 3.02. The molecule has 2 N–H and O–H groups in total. The van der Waals surface area contributed by atoms with Gasteiger partial charge < -0.3 is 10.6 Å². The molecule has 0 bridgehead atoms. The Balaban J connectivity index is 1.61. The van der Waals surface area contributed by atoms with Crippen molar-refractivity contribution in [2.24, 2.45) is 0 Å². The molecule has 0 aliphatic carbocycles. The summed E-state index contributed by atoms with van der Waals surface area (Å²) in [6.07, 6.45) is 4.92. The van der Waals surface area contributed by atoms with Gasteiger partial charge in [-0.25, -0.2) is 16.8 Å². The number of carbonyl (C=O) groups is 1. The Hall–Kier alpha value is -2.43. The smallest absolute Gasteiger partial charge is 0.243 e. The van der Waals surface area contributed by atoms with Gasteiger partial charge in [0.05, 0.1) is 22.0 Å². The summed E-state index contributed by atoms with van der Waals surface area (Å²) in [5.74, 6) is -0.419. The molecule has 0 radical (unpaired) electrons. The fourth-order valence-electron chi connectivity index (χ4n) is 3.45. The summed E-state index contributed by atoms with van der Waals surface area (Å²) in [4.78, 5) is 12.5. The number of hydrogen-bond donors (Lipinski definition) is 2. The van der Waals surface area contributed by atoms with Crippen molar-refractivity contribution in [3.8, 4) is 0 Å². The van der Waals surface area contributed by atoms with Crippen molar-refractivity contribution >= 4 is 37.1 Å². The predicted octanol–water partition coefficient (Wildman–Crippen LogP) is 2.71. The highest BCUT2D eigenvalue weighted by atomic mass is 32.2. The minimum Gasteiger partial charge on any atom is -0.376 e. The summed E-state index contributed by atoms with van der Waals surface area (Å²) in [7, 11) is -7.00. The third-order valence-corrected chi connectivity index (χ3v) is 8.14. The molecule has 0 aromatic heterocycles. The Morgan fingerprint density at radius 3 is 2.13 bits per heavy atom. The number of sulfone groups is 1. The highest BCUT2D eigenvalue weighted by Crippen LogP contribution is 2.22. The van der Waals surface area contributed by atoms with Gasteiger partial charge in [0, 0.05) is 25.0 Å². The second kappa shape index (κ2) is 9.80. The molecule has 3 rings (SSSR count). The monoisotopic (exact) mass is 465 g/mol. The molecular weight excluding hydrogens is 438 g/mol. The minimum absolute atomic E-state index is 0.0476. The van der Waals surface area contributed by atoms with E-state index in [9.17, 15) is 21.6 Å². The molecule has 1 aliphatic heterocycles. The van der Waals surface area contributed by atoms with Gasteiger partial charge in [-0.3, -0.25) is 4.79 Å². The lowest BCUT2D eigenvalue weighted by Crippen LogP contribution is -2.31. The lowest BCUT2D eigenvalue weighted by atomic mass is 10.2. The Bertz CT molecular complexity index is 1120. The Morgan fingerprint density at radius 1 is 0.903 bits per heavy atom.